The van der Waals surface area contributed by atoms with Crippen molar-refractivity contribution in [3.63, 3.8) is 0 Å². The molecule has 1 fully saturated rings. The molecular weight excluding hydrogens is 270 g/mol. The van der Waals surface area contributed by atoms with Crippen LogP contribution in [0.1, 0.15) is 50.1 Å². The van der Waals surface area contributed by atoms with Crippen molar-refractivity contribution < 1.29 is 4.74 Å². The van der Waals surface area contributed by atoms with E-state index in [1.54, 1.807) is 7.11 Å². The maximum absolute atomic E-state index is 5.29. The quantitative estimate of drug-likeness (QED) is 0.760. The van der Waals surface area contributed by atoms with Gasteiger partial charge in [0.1, 0.15) is 0 Å². The molecule has 1 saturated carbocycles. The van der Waals surface area contributed by atoms with Gasteiger partial charge in [-0.15, -0.1) is 11.3 Å². The first-order valence-electron chi connectivity index (χ1n) is 7.67. The molecule has 1 aromatic rings. The fraction of sp³-hybridized carbons (Fsp3) is 0.800. The van der Waals surface area contributed by atoms with E-state index in [1.807, 2.05) is 11.3 Å². The Balaban J connectivity index is 2.17. The number of likely N-dealkylation sites (N-methyl/N-ethyl adjacent to an activating group) is 1. The average Bonchev–Trinajstić information content (AvgIpc) is 3.19. The predicted octanol–water partition coefficient (Wildman–Crippen LogP) is 2.99. The molecule has 1 aromatic heterocycles. The number of aromatic nitrogens is 1. The summed E-state index contributed by atoms with van der Waals surface area (Å²) in [6, 6.07) is 0.371. The van der Waals surface area contributed by atoms with Crippen LogP contribution < -0.4 is 10.2 Å². The molecule has 0 radical (unpaired) electrons. The zero-order chi connectivity index (χ0) is 14.5. The van der Waals surface area contributed by atoms with E-state index in [1.165, 1.54) is 23.4 Å². The van der Waals surface area contributed by atoms with Gasteiger partial charge >= 0.3 is 0 Å². The largest absolute Gasteiger partial charge is 0.383 e. The van der Waals surface area contributed by atoms with E-state index < -0.39 is 0 Å². The van der Waals surface area contributed by atoms with Gasteiger partial charge in [0.25, 0.3) is 0 Å². The van der Waals surface area contributed by atoms with E-state index >= 15 is 0 Å². The SMILES string of the molecule is CCNCc1sc(N(CC)C(C)COC)nc1C1CC1. The molecule has 0 spiro atoms. The van der Waals surface area contributed by atoms with Crippen LogP contribution >= 0.6 is 11.3 Å². The minimum atomic E-state index is 0.371. The van der Waals surface area contributed by atoms with Crippen molar-refractivity contribution in [3.05, 3.63) is 10.6 Å². The van der Waals surface area contributed by atoms with Crippen molar-refractivity contribution in [1.82, 2.24) is 10.3 Å². The molecule has 1 aliphatic rings. The summed E-state index contributed by atoms with van der Waals surface area (Å²) in [6.07, 6.45) is 2.62. The molecule has 1 N–H and O–H groups in total. The summed E-state index contributed by atoms with van der Waals surface area (Å²) in [5, 5.41) is 4.60. The lowest BCUT2D eigenvalue weighted by molar-refractivity contribution is 0.182. The molecule has 114 valence electrons. The van der Waals surface area contributed by atoms with E-state index in [-0.39, 0.29) is 0 Å². The highest BCUT2D eigenvalue weighted by Crippen LogP contribution is 2.44. The molecular formula is C15H27N3OS. The van der Waals surface area contributed by atoms with Crippen LogP contribution in [0.4, 0.5) is 5.13 Å². The Morgan fingerprint density at radius 2 is 2.20 bits per heavy atom. The average molecular weight is 297 g/mol. The minimum absolute atomic E-state index is 0.371. The highest BCUT2D eigenvalue weighted by Gasteiger charge is 2.30. The maximum Gasteiger partial charge on any atom is 0.186 e. The Morgan fingerprint density at radius 1 is 1.45 bits per heavy atom. The highest BCUT2D eigenvalue weighted by molar-refractivity contribution is 7.15. The number of thiazole rings is 1. The number of hydrogen-bond acceptors (Lipinski definition) is 5. The number of nitrogens with zero attached hydrogens (tertiary/aromatic N) is 2. The molecule has 4 nitrogen and oxygen atoms in total. The fourth-order valence-electron chi connectivity index (χ4n) is 2.48. The Kier molecular flexibility index (Phi) is 5.81. The van der Waals surface area contributed by atoms with Gasteiger partial charge < -0.3 is 15.0 Å². The first-order valence-corrected chi connectivity index (χ1v) is 8.48. The Bertz CT molecular complexity index is 417. The van der Waals surface area contributed by atoms with Crippen molar-refractivity contribution in [2.75, 3.05) is 31.7 Å². The second kappa shape index (κ2) is 7.38. The molecule has 20 heavy (non-hydrogen) atoms. The molecule has 2 rings (SSSR count). The van der Waals surface area contributed by atoms with Crippen LogP contribution in [0.2, 0.25) is 0 Å². The van der Waals surface area contributed by atoms with E-state index in [0.29, 0.717) is 12.0 Å². The van der Waals surface area contributed by atoms with Crippen LogP contribution in [0.5, 0.6) is 0 Å². The summed E-state index contributed by atoms with van der Waals surface area (Å²) in [6.45, 7) is 10.2. The second-order valence-corrected chi connectivity index (χ2v) is 6.51. The van der Waals surface area contributed by atoms with E-state index in [9.17, 15) is 0 Å². The molecule has 0 aliphatic heterocycles. The van der Waals surface area contributed by atoms with Crippen molar-refractivity contribution >= 4 is 16.5 Å². The van der Waals surface area contributed by atoms with Gasteiger partial charge in [-0.1, -0.05) is 6.92 Å². The van der Waals surface area contributed by atoms with Crippen LogP contribution in [0.3, 0.4) is 0 Å². The number of hydrogen-bond donors (Lipinski definition) is 1. The summed E-state index contributed by atoms with van der Waals surface area (Å²) in [5.74, 6) is 0.713. The van der Waals surface area contributed by atoms with Crippen LogP contribution in [0.25, 0.3) is 0 Å². The standard InChI is InChI=1S/C15H27N3OS/c1-5-16-9-13-14(12-7-8-12)17-15(20-13)18(6-2)11(3)10-19-4/h11-12,16H,5-10H2,1-4H3. The molecule has 0 aromatic carbocycles. The van der Waals surface area contributed by atoms with Crippen LogP contribution in [-0.4, -0.2) is 37.8 Å². The summed E-state index contributed by atoms with van der Waals surface area (Å²) < 4.78 is 5.29. The molecule has 1 unspecified atom stereocenters. The molecule has 0 saturated heterocycles. The van der Waals surface area contributed by atoms with Crippen LogP contribution in [-0.2, 0) is 11.3 Å². The first-order chi connectivity index (χ1) is 9.71. The molecule has 5 heteroatoms. The third kappa shape index (κ3) is 3.71. The maximum atomic E-state index is 5.29. The summed E-state index contributed by atoms with van der Waals surface area (Å²) >= 11 is 1.85. The molecule has 1 heterocycles. The lowest BCUT2D eigenvalue weighted by atomic mass is 10.2. The third-order valence-electron chi connectivity index (χ3n) is 3.74. The van der Waals surface area contributed by atoms with Crippen molar-refractivity contribution in [2.24, 2.45) is 0 Å². The van der Waals surface area contributed by atoms with Crippen molar-refractivity contribution in [1.29, 1.82) is 0 Å². The van der Waals surface area contributed by atoms with Crippen molar-refractivity contribution in [3.8, 4) is 0 Å². The van der Waals surface area contributed by atoms with Gasteiger partial charge in [0.05, 0.1) is 18.3 Å². The topological polar surface area (TPSA) is 37.4 Å². The van der Waals surface area contributed by atoms with Gasteiger partial charge in [-0.3, -0.25) is 0 Å². The third-order valence-corrected chi connectivity index (χ3v) is 4.85. The minimum Gasteiger partial charge on any atom is -0.383 e. The number of rotatable bonds is 9. The monoisotopic (exact) mass is 297 g/mol. The zero-order valence-electron chi connectivity index (χ0n) is 13.1. The lowest BCUT2D eigenvalue weighted by Crippen LogP contribution is -2.36. The molecule has 1 atom stereocenters. The van der Waals surface area contributed by atoms with Gasteiger partial charge in [-0.25, -0.2) is 4.98 Å². The predicted molar refractivity (Wildman–Crippen MR) is 85.8 cm³/mol. The summed E-state index contributed by atoms with van der Waals surface area (Å²) in [5.41, 5.74) is 1.34. The van der Waals surface area contributed by atoms with E-state index in [2.05, 4.69) is 31.0 Å². The summed E-state index contributed by atoms with van der Waals surface area (Å²) in [7, 11) is 1.76. The second-order valence-electron chi connectivity index (χ2n) is 5.45. The van der Waals surface area contributed by atoms with Crippen LogP contribution in [0.15, 0.2) is 0 Å². The molecule has 1 aliphatic carbocycles. The fourth-order valence-corrected chi connectivity index (χ4v) is 3.76. The Morgan fingerprint density at radius 3 is 2.75 bits per heavy atom. The van der Waals surface area contributed by atoms with Gasteiger partial charge in [0.15, 0.2) is 5.13 Å². The zero-order valence-corrected chi connectivity index (χ0v) is 13.9. The van der Waals surface area contributed by atoms with Gasteiger partial charge in [-0.2, -0.15) is 0 Å². The van der Waals surface area contributed by atoms with Gasteiger partial charge in [-0.05, 0) is 33.2 Å². The number of ether oxygens (including phenoxy) is 1. The highest BCUT2D eigenvalue weighted by atomic mass is 32.1. The number of methoxy groups -OCH3 is 1. The van der Waals surface area contributed by atoms with Crippen LogP contribution in [0, 0.1) is 0 Å². The van der Waals surface area contributed by atoms with Gasteiger partial charge in [0, 0.05) is 31.0 Å². The Hall–Kier alpha value is -0.650. The van der Waals surface area contributed by atoms with Crippen molar-refractivity contribution in [2.45, 2.75) is 52.1 Å². The lowest BCUT2D eigenvalue weighted by Gasteiger charge is -2.26. The van der Waals surface area contributed by atoms with E-state index in [4.69, 9.17) is 9.72 Å². The summed E-state index contributed by atoms with van der Waals surface area (Å²) in [4.78, 5) is 8.73. The molecule has 0 bridgehead atoms. The number of anilines is 1. The first kappa shape index (κ1) is 15.7. The smallest absolute Gasteiger partial charge is 0.186 e. The van der Waals surface area contributed by atoms with Gasteiger partial charge in [0.2, 0.25) is 0 Å². The van der Waals surface area contributed by atoms with E-state index in [0.717, 1.165) is 31.4 Å². The normalized spacial score (nSPS) is 16.4. The number of nitrogens with one attached hydrogen (secondary N) is 1. The Labute approximate surface area is 126 Å². The molecule has 0 amide bonds.